The second kappa shape index (κ2) is 3.91. The fourth-order valence-electron chi connectivity index (χ4n) is 1.43. The lowest BCUT2D eigenvalue weighted by atomic mass is 10.1. The molecule has 15 heavy (non-hydrogen) atoms. The highest BCUT2D eigenvalue weighted by Gasteiger charge is 2.04. The Morgan fingerprint density at radius 1 is 1.27 bits per heavy atom. The maximum atomic E-state index is 6.09. The minimum absolute atomic E-state index is 0.561. The van der Waals surface area contributed by atoms with Crippen molar-refractivity contribution in [1.29, 1.82) is 0 Å². The van der Waals surface area contributed by atoms with Crippen LogP contribution in [0.4, 0.5) is 5.82 Å². The number of anilines is 1. The van der Waals surface area contributed by atoms with E-state index in [0.29, 0.717) is 5.82 Å². The zero-order valence-electron chi connectivity index (χ0n) is 8.37. The molecular formula is C12H11ClN2. The average Bonchev–Trinajstić information content (AvgIpc) is 2.23. The number of nitrogens with zero attached hydrogens (tertiary/aromatic N) is 1. The van der Waals surface area contributed by atoms with Gasteiger partial charge in [0, 0.05) is 22.3 Å². The Morgan fingerprint density at radius 3 is 2.67 bits per heavy atom. The highest BCUT2D eigenvalue weighted by atomic mass is 35.5. The minimum atomic E-state index is 0.561. The van der Waals surface area contributed by atoms with Gasteiger partial charge < -0.3 is 5.73 Å². The van der Waals surface area contributed by atoms with E-state index in [4.69, 9.17) is 17.3 Å². The third kappa shape index (κ3) is 1.95. The van der Waals surface area contributed by atoms with E-state index in [0.717, 1.165) is 21.7 Å². The summed E-state index contributed by atoms with van der Waals surface area (Å²) in [5.74, 6) is 0.561. The molecule has 76 valence electrons. The smallest absolute Gasteiger partial charge is 0.126 e. The summed E-state index contributed by atoms with van der Waals surface area (Å²) in [5.41, 5.74) is 8.60. The lowest BCUT2D eigenvalue weighted by Crippen LogP contribution is -1.94. The van der Waals surface area contributed by atoms with Gasteiger partial charge in [-0.1, -0.05) is 29.8 Å². The number of benzene rings is 1. The van der Waals surface area contributed by atoms with Crippen LogP contribution in [0.3, 0.4) is 0 Å². The minimum Gasteiger partial charge on any atom is -0.383 e. The summed E-state index contributed by atoms with van der Waals surface area (Å²) < 4.78 is 0. The van der Waals surface area contributed by atoms with Crippen molar-refractivity contribution in [1.82, 2.24) is 4.98 Å². The largest absolute Gasteiger partial charge is 0.383 e. The number of halogens is 1. The first-order chi connectivity index (χ1) is 7.18. The van der Waals surface area contributed by atoms with E-state index in [2.05, 4.69) is 4.98 Å². The van der Waals surface area contributed by atoms with Crippen molar-refractivity contribution in [2.24, 2.45) is 0 Å². The maximum Gasteiger partial charge on any atom is 0.126 e. The second-order valence-electron chi connectivity index (χ2n) is 3.41. The van der Waals surface area contributed by atoms with E-state index in [1.807, 2.05) is 37.3 Å². The normalized spacial score (nSPS) is 10.3. The van der Waals surface area contributed by atoms with Crippen molar-refractivity contribution in [3.63, 3.8) is 0 Å². The van der Waals surface area contributed by atoms with Gasteiger partial charge in [0.1, 0.15) is 5.82 Å². The van der Waals surface area contributed by atoms with Crippen molar-refractivity contribution in [3.8, 4) is 11.1 Å². The number of hydrogen-bond donors (Lipinski definition) is 1. The van der Waals surface area contributed by atoms with Gasteiger partial charge >= 0.3 is 0 Å². The number of nitrogen functional groups attached to an aromatic ring is 1. The summed E-state index contributed by atoms with van der Waals surface area (Å²) >= 11 is 6.09. The van der Waals surface area contributed by atoms with Gasteiger partial charge in [0.2, 0.25) is 0 Å². The molecule has 1 aromatic carbocycles. The molecule has 0 fully saturated rings. The quantitative estimate of drug-likeness (QED) is 0.798. The summed E-state index contributed by atoms with van der Waals surface area (Å²) in [6, 6.07) is 9.68. The first-order valence-electron chi connectivity index (χ1n) is 4.65. The average molecular weight is 219 g/mol. The van der Waals surface area contributed by atoms with Crippen LogP contribution in [0.1, 0.15) is 5.56 Å². The third-order valence-corrected chi connectivity index (χ3v) is 2.63. The van der Waals surface area contributed by atoms with Crippen LogP contribution in [0, 0.1) is 6.92 Å². The predicted octanol–water partition coefficient (Wildman–Crippen LogP) is 3.29. The molecule has 0 unspecified atom stereocenters. The fraction of sp³-hybridized carbons (Fsp3) is 0.0833. The molecule has 2 nitrogen and oxygen atoms in total. The van der Waals surface area contributed by atoms with Gasteiger partial charge in [-0.2, -0.15) is 0 Å². The molecule has 0 bridgehead atoms. The maximum absolute atomic E-state index is 6.09. The first-order valence-corrected chi connectivity index (χ1v) is 5.03. The summed E-state index contributed by atoms with van der Waals surface area (Å²) in [6.07, 6.45) is 1.74. The van der Waals surface area contributed by atoms with Crippen LogP contribution >= 0.6 is 11.6 Å². The van der Waals surface area contributed by atoms with Gasteiger partial charge in [0.15, 0.2) is 0 Å². The number of rotatable bonds is 1. The molecule has 0 saturated heterocycles. The summed E-state index contributed by atoms with van der Waals surface area (Å²) in [4.78, 5) is 4.12. The van der Waals surface area contributed by atoms with E-state index < -0.39 is 0 Å². The Morgan fingerprint density at radius 2 is 2.00 bits per heavy atom. The van der Waals surface area contributed by atoms with E-state index in [9.17, 15) is 0 Å². The lowest BCUT2D eigenvalue weighted by molar-refractivity contribution is 1.28. The predicted molar refractivity (Wildman–Crippen MR) is 63.8 cm³/mol. The molecule has 0 radical (unpaired) electrons. The van der Waals surface area contributed by atoms with Gasteiger partial charge in [-0.25, -0.2) is 4.98 Å². The van der Waals surface area contributed by atoms with E-state index in [-0.39, 0.29) is 0 Å². The standard InChI is InChI=1S/C12H11ClN2/c1-8-6-9(7-15-12(8)14)10-4-2-3-5-11(10)13/h2-7H,1H3,(H2,14,15). The Hall–Kier alpha value is -1.54. The zero-order chi connectivity index (χ0) is 10.8. The third-order valence-electron chi connectivity index (χ3n) is 2.30. The van der Waals surface area contributed by atoms with Gasteiger partial charge in [0.25, 0.3) is 0 Å². The van der Waals surface area contributed by atoms with Crippen molar-refractivity contribution in [3.05, 3.63) is 47.1 Å². The van der Waals surface area contributed by atoms with Gasteiger partial charge in [-0.15, -0.1) is 0 Å². The monoisotopic (exact) mass is 218 g/mol. The Labute approximate surface area is 93.7 Å². The van der Waals surface area contributed by atoms with Gasteiger partial charge in [-0.3, -0.25) is 0 Å². The number of hydrogen-bond acceptors (Lipinski definition) is 2. The van der Waals surface area contributed by atoms with Crippen LogP contribution in [-0.2, 0) is 0 Å². The van der Waals surface area contributed by atoms with Crippen molar-refractivity contribution in [2.75, 3.05) is 5.73 Å². The van der Waals surface area contributed by atoms with Crippen LogP contribution in [0.2, 0.25) is 5.02 Å². The molecule has 0 aliphatic heterocycles. The second-order valence-corrected chi connectivity index (χ2v) is 3.81. The van der Waals surface area contributed by atoms with Crippen molar-refractivity contribution < 1.29 is 0 Å². The molecule has 0 spiro atoms. The number of pyridine rings is 1. The molecule has 2 N–H and O–H groups in total. The number of nitrogens with two attached hydrogens (primary N) is 1. The topological polar surface area (TPSA) is 38.9 Å². The Bertz CT molecular complexity index is 495. The van der Waals surface area contributed by atoms with Crippen LogP contribution < -0.4 is 5.73 Å². The molecule has 0 aliphatic carbocycles. The number of aryl methyl sites for hydroxylation is 1. The molecule has 2 rings (SSSR count). The molecule has 0 amide bonds. The zero-order valence-corrected chi connectivity index (χ0v) is 9.12. The molecular weight excluding hydrogens is 208 g/mol. The molecule has 0 aliphatic rings. The van der Waals surface area contributed by atoms with Gasteiger partial charge in [-0.05, 0) is 24.6 Å². The van der Waals surface area contributed by atoms with Crippen molar-refractivity contribution in [2.45, 2.75) is 6.92 Å². The highest BCUT2D eigenvalue weighted by Crippen LogP contribution is 2.28. The van der Waals surface area contributed by atoms with E-state index in [1.165, 1.54) is 0 Å². The van der Waals surface area contributed by atoms with Gasteiger partial charge in [0.05, 0.1) is 0 Å². The molecule has 1 aromatic heterocycles. The highest BCUT2D eigenvalue weighted by molar-refractivity contribution is 6.33. The SMILES string of the molecule is Cc1cc(-c2ccccc2Cl)cnc1N. The molecule has 0 saturated carbocycles. The Balaban J connectivity index is 2.55. The van der Waals surface area contributed by atoms with Crippen molar-refractivity contribution >= 4 is 17.4 Å². The summed E-state index contributed by atoms with van der Waals surface area (Å²) in [6.45, 7) is 1.93. The van der Waals surface area contributed by atoms with Crippen LogP contribution in [-0.4, -0.2) is 4.98 Å². The van der Waals surface area contributed by atoms with E-state index >= 15 is 0 Å². The summed E-state index contributed by atoms with van der Waals surface area (Å²) in [5, 5.41) is 0.725. The molecule has 3 heteroatoms. The first kappa shape index (κ1) is 9.99. The molecule has 2 aromatic rings. The lowest BCUT2D eigenvalue weighted by Gasteiger charge is -2.06. The van der Waals surface area contributed by atoms with Crippen LogP contribution in [0.15, 0.2) is 36.5 Å². The van der Waals surface area contributed by atoms with E-state index in [1.54, 1.807) is 6.20 Å². The molecule has 1 heterocycles. The van der Waals surface area contributed by atoms with Crippen LogP contribution in [0.5, 0.6) is 0 Å². The van der Waals surface area contributed by atoms with Crippen LogP contribution in [0.25, 0.3) is 11.1 Å². The summed E-state index contributed by atoms with van der Waals surface area (Å²) in [7, 11) is 0. The Kier molecular flexibility index (Phi) is 2.60. The molecule has 0 atom stereocenters. The fourth-order valence-corrected chi connectivity index (χ4v) is 1.67. The number of aromatic nitrogens is 1.